The summed E-state index contributed by atoms with van der Waals surface area (Å²) in [5.74, 6) is -0.711. The van der Waals surface area contributed by atoms with Gasteiger partial charge in [0, 0.05) is 36.8 Å². The molecule has 1 unspecified atom stereocenters. The van der Waals surface area contributed by atoms with Gasteiger partial charge in [0.15, 0.2) is 5.65 Å². The summed E-state index contributed by atoms with van der Waals surface area (Å²) in [6.45, 7) is 6.00. The molecule has 11 nitrogen and oxygen atoms in total. The molecule has 3 aromatic heterocycles. The Bertz CT molecular complexity index is 1750. The maximum Gasteiger partial charge on any atom is 0.275 e. The fraction of sp³-hybridized carbons (Fsp3) is 0.276. The van der Waals surface area contributed by atoms with Crippen molar-refractivity contribution in [2.75, 3.05) is 38.6 Å². The third-order valence-corrected chi connectivity index (χ3v) is 7.36. The molecule has 4 heterocycles. The second-order valence-corrected chi connectivity index (χ2v) is 9.95. The van der Waals surface area contributed by atoms with Gasteiger partial charge in [-0.05, 0) is 24.6 Å². The number of nitrogens with zero attached hydrogens (tertiary/aromatic N) is 7. The highest BCUT2D eigenvalue weighted by molar-refractivity contribution is 5.98. The standard InChI is InChI=1S/C29H29FN8O3/c1-18(38-28-25(27(31)32-17-33-28)26(35-38)20-13-21(30)15-22(39)14-20)23-16-34-37(8-7-36-9-11-41-12-10-36)29(40)24(23)19-5-3-2-4-6-19/h2-6,13-18,39H,7-12H2,1H3,(H2,31,32,33). The second-order valence-electron chi connectivity index (χ2n) is 9.95. The van der Waals surface area contributed by atoms with Crippen molar-refractivity contribution in [3.05, 3.63) is 82.8 Å². The lowest BCUT2D eigenvalue weighted by atomic mass is 9.98. The molecule has 0 aliphatic carbocycles. The molecule has 6 rings (SSSR count). The van der Waals surface area contributed by atoms with Crippen LogP contribution in [0.25, 0.3) is 33.4 Å². The largest absolute Gasteiger partial charge is 0.508 e. The Morgan fingerprint density at radius 3 is 2.61 bits per heavy atom. The van der Waals surface area contributed by atoms with Crippen molar-refractivity contribution in [3.63, 3.8) is 0 Å². The lowest BCUT2D eigenvalue weighted by Crippen LogP contribution is -2.40. The molecule has 1 aliphatic rings. The topological polar surface area (TPSA) is 137 Å². The fourth-order valence-corrected chi connectivity index (χ4v) is 5.24. The second kappa shape index (κ2) is 11.1. The summed E-state index contributed by atoms with van der Waals surface area (Å²) in [5, 5.41) is 19.8. The quantitative estimate of drug-likeness (QED) is 0.310. The van der Waals surface area contributed by atoms with Crippen molar-refractivity contribution in [3.8, 4) is 28.1 Å². The smallest absolute Gasteiger partial charge is 0.275 e. The number of anilines is 1. The number of fused-ring (bicyclic) bond motifs is 1. The summed E-state index contributed by atoms with van der Waals surface area (Å²) in [4.78, 5) is 24.7. The first-order chi connectivity index (χ1) is 19.9. The minimum Gasteiger partial charge on any atom is -0.508 e. The maximum atomic E-state index is 14.2. The highest BCUT2D eigenvalue weighted by Crippen LogP contribution is 2.36. The molecule has 0 saturated carbocycles. The van der Waals surface area contributed by atoms with E-state index in [-0.39, 0.29) is 17.1 Å². The number of ether oxygens (including phenoxy) is 1. The fourth-order valence-electron chi connectivity index (χ4n) is 5.24. The molecule has 0 radical (unpaired) electrons. The molecule has 0 amide bonds. The van der Waals surface area contributed by atoms with E-state index in [0.717, 1.165) is 24.7 Å². The van der Waals surface area contributed by atoms with Crippen LogP contribution in [0, 0.1) is 5.82 Å². The Hall–Kier alpha value is -4.68. The lowest BCUT2D eigenvalue weighted by molar-refractivity contribution is 0.0358. The van der Waals surface area contributed by atoms with Gasteiger partial charge >= 0.3 is 0 Å². The van der Waals surface area contributed by atoms with Crippen LogP contribution in [0.15, 0.2) is 65.8 Å². The van der Waals surface area contributed by atoms with Gasteiger partial charge in [0.25, 0.3) is 5.56 Å². The molecule has 1 fully saturated rings. The molecule has 1 saturated heterocycles. The van der Waals surface area contributed by atoms with Gasteiger partial charge in [-0.15, -0.1) is 0 Å². The molecular formula is C29H29FN8O3. The number of nitrogen functional groups attached to an aromatic ring is 1. The molecule has 1 atom stereocenters. The molecule has 2 aromatic carbocycles. The average molecular weight is 557 g/mol. The normalized spacial score (nSPS) is 14.9. The van der Waals surface area contributed by atoms with Crippen LogP contribution in [0.5, 0.6) is 5.75 Å². The summed E-state index contributed by atoms with van der Waals surface area (Å²) < 4.78 is 22.8. The first-order valence-electron chi connectivity index (χ1n) is 13.3. The number of benzene rings is 2. The van der Waals surface area contributed by atoms with Crippen molar-refractivity contribution in [2.45, 2.75) is 19.5 Å². The van der Waals surface area contributed by atoms with Crippen LogP contribution in [-0.4, -0.2) is 72.4 Å². The minimum atomic E-state index is -0.623. The van der Waals surface area contributed by atoms with E-state index in [1.807, 2.05) is 37.3 Å². The molecule has 12 heteroatoms. The van der Waals surface area contributed by atoms with Crippen LogP contribution in [-0.2, 0) is 11.3 Å². The number of aromatic nitrogens is 6. The molecule has 5 aromatic rings. The number of hydrogen-bond acceptors (Lipinski definition) is 9. The van der Waals surface area contributed by atoms with E-state index in [9.17, 15) is 14.3 Å². The third kappa shape index (κ3) is 5.14. The van der Waals surface area contributed by atoms with E-state index in [0.29, 0.717) is 59.7 Å². The molecule has 3 N–H and O–H groups in total. The number of phenolic OH excluding ortho intramolecular Hbond substituents is 1. The molecule has 1 aliphatic heterocycles. The van der Waals surface area contributed by atoms with E-state index >= 15 is 0 Å². The van der Waals surface area contributed by atoms with Crippen LogP contribution in [0.4, 0.5) is 10.2 Å². The predicted molar refractivity (Wildman–Crippen MR) is 152 cm³/mol. The van der Waals surface area contributed by atoms with E-state index < -0.39 is 11.9 Å². The van der Waals surface area contributed by atoms with Gasteiger partial charge in [-0.25, -0.2) is 23.7 Å². The Balaban J connectivity index is 1.47. The summed E-state index contributed by atoms with van der Waals surface area (Å²) in [5.41, 5.74) is 8.96. The number of rotatable bonds is 7. The van der Waals surface area contributed by atoms with Gasteiger partial charge in [-0.2, -0.15) is 10.2 Å². The van der Waals surface area contributed by atoms with Crippen molar-refractivity contribution >= 4 is 16.9 Å². The van der Waals surface area contributed by atoms with Crippen molar-refractivity contribution in [1.82, 2.24) is 34.4 Å². The zero-order chi connectivity index (χ0) is 28.5. The SMILES string of the molecule is CC(c1cnn(CCN2CCOCC2)c(=O)c1-c1ccccc1)n1nc(-c2cc(O)cc(F)c2)c2c(N)ncnc21. The Labute approximate surface area is 234 Å². The lowest BCUT2D eigenvalue weighted by Gasteiger charge is -2.26. The van der Waals surface area contributed by atoms with Gasteiger partial charge in [0.2, 0.25) is 0 Å². The van der Waals surface area contributed by atoms with Gasteiger partial charge < -0.3 is 15.6 Å². The van der Waals surface area contributed by atoms with E-state index in [4.69, 9.17) is 15.6 Å². The molecular weight excluding hydrogens is 527 g/mol. The van der Waals surface area contributed by atoms with Gasteiger partial charge in [0.1, 0.15) is 29.4 Å². The molecule has 0 spiro atoms. The van der Waals surface area contributed by atoms with Crippen LogP contribution in [0.2, 0.25) is 0 Å². The highest BCUT2D eigenvalue weighted by Gasteiger charge is 2.25. The van der Waals surface area contributed by atoms with Gasteiger partial charge in [-0.3, -0.25) is 9.69 Å². The molecule has 0 bridgehead atoms. The zero-order valence-corrected chi connectivity index (χ0v) is 22.4. The Kier molecular flexibility index (Phi) is 7.16. The van der Waals surface area contributed by atoms with Gasteiger partial charge in [-0.1, -0.05) is 30.3 Å². The molecule has 210 valence electrons. The first-order valence-corrected chi connectivity index (χ1v) is 13.3. The monoisotopic (exact) mass is 556 g/mol. The van der Waals surface area contributed by atoms with Crippen molar-refractivity contribution in [1.29, 1.82) is 0 Å². The maximum absolute atomic E-state index is 14.2. The van der Waals surface area contributed by atoms with Gasteiger partial charge in [0.05, 0.1) is 42.9 Å². The van der Waals surface area contributed by atoms with Crippen LogP contribution < -0.4 is 11.3 Å². The van der Waals surface area contributed by atoms with Crippen LogP contribution >= 0.6 is 0 Å². The van der Waals surface area contributed by atoms with Crippen LogP contribution in [0.1, 0.15) is 18.5 Å². The number of phenols is 1. The number of nitrogens with two attached hydrogens (primary N) is 1. The number of aromatic hydroxyl groups is 1. The third-order valence-electron chi connectivity index (χ3n) is 7.36. The Morgan fingerprint density at radius 2 is 1.85 bits per heavy atom. The van der Waals surface area contributed by atoms with E-state index in [2.05, 4.69) is 20.0 Å². The molecule has 41 heavy (non-hydrogen) atoms. The van der Waals surface area contributed by atoms with E-state index in [1.54, 1.807) is 10.9 Å². The Morgan fingerprint density at radius 1 is 1.07 bits per heavy atom. The zero-order valence-electron chi connectivity index (χ0n) is 22.4. The highest BCUT2D eigenvalue weighted by atomic mass is 19.1. The average Bonchev–Trinajstić information content (AvgIpc) is 3.38. The summed E-state index contributed by atoms with van der Waals surface area (Å²) in [7, 11) is 0. The number of halogens is 1. The summed E-state index contributed by atoms with van der Waals surface area (Å²) in [6.07, 6.45) is 3.02. The minimum absolute atomic E-state index is 0.159. The van der Waals surface area contributed by atoms with Crippen molar-refractivity contribution in [2.24, 2.45) is 0 Å². The van der Waals surface area contributed by atoms with Crippen LogP contribution in [0.3, 0.4) is 0 Å². The predicted octanol–water partition coefficient (Wildman–Crippen LogP) is 3.09. The van der Waals surface area contributed by atoms with E-state index in [1.165, 1.54) is 23.1 Å². The summed E-state index contributed by atoms with van der Waals surface area (Å²) >= 11 is 0. The summed E-state index contributed by atoms with van der Waals surface area (Å²) in [6, 6.07) is 12.6. The first kappa shape index (κ1) is 26.5. The number of hydrogen-bond donors (Lipinski definition) is 2. The van der Waals surface area contributed by atoms with Crippen molar-refractivity contribution < 1.29 is 14.2 Å². The number of morpholine rings is 1.